The molecule has 1 atom stereocenters. The Morgan fingerprint density at radius 2 is 1.72 bits per heavy atom. The van der Waals surface area contributed by atoms with E-state index in [0.717, 1.165) is 0 Å². The number of nitrogens with one attached hydrogen (secondary N) is 1. The number of aliphatic hydroxyl groups excluding tert-OH is 1. The third-order valence-electron chi connectivity index (χ3n) is 4.52. The number of alkyl carbamates (subject to hydrolysis) is 1. The minimum atomic E-state index is -1.89. The number of aliphatic hydroxyl groups is 1. The highest BCUT2D eigenvalue weighted by atomic mass is 28.4. The minimum Gasteiger partial charge on any atom is -0.491 e. The van der Waals surface area contributed by atoms with Crippen molar-refractivity contribution in [2.24, 2.45) is 4.99 Å². The zero-order valence-corrected chi connectivity index (χ0v) is 19.9. The highest BCUT2D eigenvalue weighted by Gasteiger charge is 2.37. The molecule has 0 aliphatic carbocycles. The summed E-state index contributed by atoms with van der Waals surface area (Å²) in [5, 5.41) is 12.7. The number of nitrogens with zero attached hydrogens (tertiary/aromatic N) is 1. The molecule has 1 aromatic rings. The summed E-state index contributed by atoms with van der Waals surface area (Å²) in [4.78, 5) is 15.7. The fourth-order valence-electron chi connectivity index (χ4n) is 1.86. The number of aliphatic imine (C=N–C) groups is 1. The monoisotopic (exact) mass is 424 g/mol. The molecule has 0 radical (unpaired) electrons. The van der Waals surface area contributed by atoms with Crippen molar-refractivity contribution >= 4 is 26.4 Å². The van der Waals surface area contributed by atoms with E-state index < -0.39 is 26.1 Å². The summed E-state index contributed by atoms with van der Waals surface area (Å²) in [6, 6.07) is 7.01. The third kappa shape index (κ3) is 9.91. The predicted molar refractivity (Wildman–Crippen MR) is 119 cm³/mol. The summed E-state index contributed by atoms with van der Waals surface area (Å²) in [7, 11) is -1.89. The van der Waals surface area contributed by atoms with Gasteiger partial charge < -0.3 is 19.0 Å². The first-order valence-electron chi connectivity index (χ1n) is 9.76. The number of rotatable bonds is 8. The fourth-order valence-corrected chi connectivity index (χ4v) is 2.90. The van der Waals surface area contributed by atoms with Crippen molar-refractivity contribution in [1.29, 1.82) is 0 Å². The second-order valence-electron chi connectivity index (χ2n) is 9.43. The van der Waals surface area contributed by atoms with Gasteiger partial charge >= 0.3 is 6.09 Å². The lowest BCUT2D eigenvalue weighted by Crippen LogP contribution is -2.43. The average molecular weight is 425 g/mol. The van der Waals surface area contributed by atoms with Gasteiger partial charge in [0, 0.05) is 0 Å². The van der Waals surface area contributed by atoms with Crippen LogP contribution >= 0.6 is 0 Å². The fraction of sp³-hybridized carbons (Fsp3) is 0.619. The lowest BCUT2D eigenvalue weighted by atomic mass is 10.2. The van der Waals surface area contributed by atoms with Crippen LogP contribution in [0.2, 0.25) is 18.1 Å². The van der Waals surface area contributed by atoms with Crippen LogP contribution in [0.1, 0.15) is 41.5 Å². The maximum atomic E-state index is 11.5. The van der Waals surface area contributed by atoms with Gasteiger partial charge in [-0.25, -0.2) is 9.79 Å². The number of hydrogen-bond donors (Lipinski definition) is 2. The van der Waals surface area contributed by atoms with Crippen molar-refractivity contribution in [2.45, 2.75) is 71.4 Å². The first-order chi connectivity index (χ1) is 13.2. The minimum absolute atomic E-state index is 0.0995. The maximum absolute atomic E-state index is 11.5. The van der Waals surface area contributed by atoms with Crippen LogP contribution in [0, 0.1) is 0 Å². The molecule has 1 aromatic carbocycles. The van der Waals surface area contributed by atoms with Crippen molar-refractivity contribution in [1.82, 2.24) is 5.32 Å². The van der Waals surface area contributed by atoms with Crippen LogP contribution < -0.4 is 10.1 Å². The summed E-state index contributed by atoms with van der Waals surface area (Å²) < 4.78 is 16.7. The SMILES string of the molecule is CC(C)(C)OC(=O)NC=Nc1ccc(OCC(O)CO[Si](C)(C)C(C)(C)C)cc1. The zero-order valence-electron chi connectivity index (χ0n) is 18.9. The standard InChI is InChI=1S/C21H36N2O5Si/c1-20(2,3)28-19(25)23-15-22-16-9-11-18(12-10-16)26-13-17(24)14-27-29(7,8)21(4,5)6/h9-12,15,17,24H,13-14H2,1-8H3,(H,22,23,25). The quantitative estimate of drug-likeness (QED) is 0.361. The summed E-state index contributed by atoms with van der Waals surface area (Å²) in [5.74, 6) is 0.621. The van der Waals surface area contributed by atoms with Crippen LogP contribution in [0.4, 0.5) is 10.5 Å². The number of hydrogen-bond acceptors (Lipinski definition) is 6. The Balaban J connectivity index is 2.43. The molecule has 0 aliphatic heterocycles. The molecule has 1 rings (SSSR count). The van der Waals surface area contributed by atoms with Crippen LogP contribution in [-0.4, -0.2) is 50.8 Å². The Labute approximate surface area is 175 Å². The molecule has 0 saturated carbocycles. The molecule has 0 saturated heterocycles. The smallest absolute Gasteiger partial charge is 0.412 e. The van der Waals surface area contributed by atoms with Gasteiger partial charge in [0.15, 0.2) is 8.32 Å². The lowest BCUT2D eigenvalue weighted by molar-refractivity contribution is 0.0565. The molecule has 29 heavy (non-hydrogen) atoms. The topological polar surface area (TPSA) is 89.4 Å². The van der Waals surface area contributed by atoms with Crippen LogP contribution in [-0.2, 0) is 9.16 Å². The number of ether oxygens (including phenoxy) is 2. The summed E-state index contributed by atoms with van der Waals surface area (Å²) >= 11 is 0. The molecule has 0 aromatic heterocycles. The Bertz CT molecular complexity index is 676. The molecule has 0 fully saturated rings. The summed E-state index contributed by atoms with van der Waals surface area (Å²) in [6.07, 6.45) is 0.0290. The van der Waals surface area contributed by atoms with Crippen LogP contribution in [0.15, 0.2) is 29.3 Å². The molecular formula is C21H36N2O5Si. The number of carbonyl (C=O) groups is 1. The normalized spacial score (nSPS) is 14.0. The first-order valence-corrected chi connectivity index (χ1v) is 12.7. The molecule has 7 nitrogen and oxygen atoms in total. The van der Waals surface area contributed by atoms with Gasteiger partial charge in [-0.05, 0) is 63.2 Å². The molecule has 0 aliphatic rings. The summed E-state index contributed by atoms with van der Waals surface area (Å²) in [5.41, 5.74) is 0.0900. The van der Waals surface area contributed by atoms with Gasteiger partial charge in [0.2, 0.25) is 0 Å². The molecule has 0 spiro atoms. The van der Waals surface area contributed by atoms with Crippen molar-refractivity contribution in [3.8, 4) is 5.75 Å². The molecule has 2 N–H and O–H groups in total. The molecule has 0 bridgehead atoms. The van der Waals surface area contributed by atoms with Gasteiger partial charge in [-0.1, -0.05) is 20.8 Å². The van der Waals surface area contributed by atoms with Crippen molar-refractivity contribution in [2.75, 3.05) is 13.2 Å². The van der Waals surface area contributed by atoms with Crippen molar-refractivity contribution in [3.63, 3.8) is 0 Å². The van der Waals surface area contributed by atoms with E-state index in [2.05, 4.69) is 44.2 Å². The molecule has 0 heterocycles. The van der Waals surface area contributed by atoms with Gasteiger partial charge in [-0.3, -0.25) is 5.32 Å². The van der Waals surface area contributed by atoms with E-state index in [1.54, 1.807) is 45.0 Å². The van der Waals surface area contributed by atoms with Gasteiger partial charge in [0.05, 0.1) is 18.6 Å². The zero-order chi connectivity index (χ0) is 22.3. The molecular weight excluding hydrogens is 388 g/mol. The lowest BCUT2D eigenvalue weighted by Gasteiger charge is -2.36. The second kappa shape index (κ2) is 10.2. The Kier molecular flexibility index (Phi) is 8.86. The highest BCUT2D eigenvalue weighted by Crippen LogP contribution is 2.36. The largest absolute Gasteiger partial charge is 0.491 e. The number of carbonyl (C=O) groups excluding carboxylic acids is 1. The van der Waals surface area contributed by atoms with Crippen molar-refractivity contribution < 1.29 is 23.8 Å². The number of benzene rings is 1. The predicted octanol–water partition coefficient (Wildman–Crippen LogP) is 4.63. The van der Waals surface area contributed by atoms with Crippen LogP contribution in [0.25, 0.3) is 0 Å². The van der Waals surface area contributed by atoms with Gasteiger partial charge in [-0.2, -0.15) is 0 Å². The Morgan fingerprint density at radius 3 is 2.24 bits per heavy atom. The van der Waals surface area contributed by atoms with E-state index in [1.165, 1.54) is 6.34 Å². The third-order valence-corrected chi connectivity index (χ3v) is 9.02. The van der Waals surface area contributed by atoms with Crippen LogP contribution in [0.3, 0.4) is 0 Å². The number of amides is 1. The van der Waals surface area contributed by atoms with Gasteiger partial charge in [-0.15, -0.1) is 0 Å². The summed E-state index contributed by atoms with van der Waals surface area (Å²) in [6.45, 7) is 16.6. The Hall–Kier alpha value is -1.90. The van der Waals surface area contributed by atoms with E-state index in [4.69, 9.17) is 13.9 Å². The maximum Gasteiger partial charge on any atom is 0.412 e. The first kappa shape index (κ1) is 25.1. The van der Waals surface area contributed by atoms with Crippen LogP contribution in [0.5, 0.6) is 5.75 Å². The molecule has 1 unspecified atom stereocenters. The Morgan fingerprint density at radius 1 is 1.14 bits per heavy atom. The van der Waals surface area contributed by atoms with E-state index in [-0.39, 0.29) is 18.3 Å². The van der Waals surface area contributed by atoms with Gasteiger partial charge in [0.1, 0.15) is 24.1 Å². The molecule has 164 valence electrons. The van der Waals surface area contributed by atoms with E-state index in [9.17, 15) is 9.90 Å². The van der Waals surface area contributed by atoms with E-state index in [0.29, 0.717) is 11.4 Å². The second-order valence-corrected chi connectivity index (χ2v) is 14.2. The highest BCUT2D eigenvalue weighted by molar-refractivity contribution is 6.74. The molecule has 1 amide bonds. The van der Waals surface area contributed by atoms with E-state index in [1.807, 2.05) is 0 Å². The van der Waals surface area contributed by atoms with E-state index >= 15 is 0 Å². The van der Waals surface area contributed by atoms with Crippen molar-refractivity contribution in [3.05, 3.63) is 24.3 Å². The molecule has 8 heteroatoms. The van der Waals surface area contributed by atoms with Gasteiger partial charge in [0.25, 0.3) is 0 Å². The average Bonchev–Trinajstić information content (AvgIpc) is 2.56.